The molecule has 7 nitrogen and oxygen atoms in total. The Morgan fingerprint density at radius 3 is 2.47 bits per heavy atom. The summed E-state index contributed by atoms with van der Waals surface area (Å²) in [6.07, 6.45) is 0.393. The van der Waals surface area contributed by atoms with E-state index in [2.05, 4.69) is 15.5 Å². The Morgan fingerprint density at radius 2 is 2.00 bits per heavy atom. The Bertz CT molecular complexity index is 419. The summed E-state index contributed by atoms with van der Waals surface area (Å²) in [6.45, 7) is 5.98. The van der Waals surface area contributed by atoms with Crippen molar-refractivity contribution in [3.8, 4) is 0 Å². The highest BCUT2D eigenvalue weighted by atomic mass is 16.4. The highest BCUT2D eigenvalue weighted by molar-refractivity contribution is 5.87. The minimum absolute atomic E-state index is 0.0860. The molecule has 0 bridgehead atoms. The van der Waals surface area contributed by atoms with Crippen LogP contribution in [0, 0.1) is 5.41 Å². The van der Waals surface area contributed by atoms with Gasteiger partial charge in [0, 0.05) is 6.42 Å². The lowest BCUT2D eigenvalue weighted by Crippen LogP contribution is -2.27. The van der Waals surface area contributed by atoms with Crippen LogP contribution in [-0.4, -0.2) is 22.0 Å². The van der Waals surface area contributed by atoms with E-state index in [1.807, 2.05) is 20.8 Å². The summed E-state index contributed by atoms with van der Waals surface area (Å²) >= 11 is 0. The van der Waals surface area contributed by atoms with E-state index in [4.69, 9.17) is 10.2 Å². The van der Waals surface area contributed by atoms with Crippen molar-refractivity contribution in [3.63, 3.8) is 0 Å². The average molecular weight is 240 g/mol. The summed E-state index contributed by atoms with van der Waals surface area (Å²) in [4.78, 5) is 22.2. The highest BCUT2D eigenvalue weighted by Crippen LogP contribution is 2.17. The number of primary amides is 1. The van der Waals surface area contributed by atoms with E-state index < -0.39 is 5.91 Å². The molecule has 0 aliphatic carbocycles. The maximum absolute atomic E-state index is 11.5. The third-order valence-electron chi connectivity index (χ3n) is 1.81. The molecule has 0 atom stereocenters. The molecule has 1 aromatic rings. The van der Waals surface area contributed by atoms with Crippen LogP contribution in [0.25, 0.3) is 0 Å². The summed E-state index contributed by atoms with van der Waals surface area (Å²) in [5.74, 6) is -1.01. The number of hydrogen-bond acceptors (Lipinski definition) is 5. The molecule has 0 saturated carbocycles. The molecular weight excluding hydrogens is 224 g/mol. The van der Waals surface area contributed by atoms with Gasteiger partial charge in [0.25, 0.3) is 0 Å². The minimum Gasteiger partial charge on any atom is -0.415 e. The molecule has 2 amide bonds. The lowest BCUT2D eigenvalue weighted by atomic mass is 9.92. The number of rotatable bonds is 4. The number of amides is 2. The Hall–Kier alpha value is -1.92. The molecular formula is C10H16N4O3. The number of nitrogens with one attached hydrogen (secondary N) is 1. The van der Waals surface area contributed by atoms with E-state index >= 15 is 0 Å². The fourth-order valence-corrected chi connectivity index (χ4v) is 1.14. The van der Waals surface area contributed by atoms with Crippen LogP contribution in [0.2, 0.25) is 0 Å². The monoisotopic (exact) mass is 240 g/mol. The summed E-state index contributed by atoms with van der Waals surface area (Å²) in [5, 5.41) is 9.62. The quantitative estimate of drug-likeness (QED) is 0.782. The van der Waals surface area contributed by atoms with Crippen LogP contribution in [0.15, 0.2) is 4.42 Å². The molecule has 0 unspecified atom stereocenters. The van der Waals surface area contributed by atoms with Crippen molar-refractivity contribution in [2.45, 2.75) is 33.7 Å². The molecule has 0 aromatic carbocycles. The van der Waals surface area contributed by atoms with Gasteiger partial charge >= 0.3 is 11.8 Å². The zero-order chi connectivity index (χ0) is 13.1. The standard InChI is InChI=1S/C10H16N4O3/c1-10(2,3)4-6(15)12-5-7-13-14-9(17-7)8(11)16/h4-5H2,1-3H3,(H2,11,16)(H,12,15). The van der Waals surface area contributed by atoms with Gasteiger partial charge in [0.15, 0.2) is 0 Å². The summed E-state index contributed by atoms with van der Waals surface area (Å²) in [5.41, 5.74) is 4.86. The van der Waals surface area contributed by atoms with E-state index in [9.17, 15) is 9.59 Å². The lowest BCUT2D eigenvalue weighted by Gasteiger charge is -2.16. The van der Waals surface area contributed by atoms with Crippen molar-refractivity contribution in [1.82, 2.24) is 15.5 Å². The third-order valence-corrected chi connectivity index (χ3v) is 1.81. The van der Waals surface area contributed by atoms with E-state index in [0.29, 0.717) is 6.42 Å². The second-order valence-electron chi connectivity index (χ2n) is 4.88. The van der Waals surface area contributed by atoms with Crippen molar-refractivity contribution in [1.29, 1.82) is 0 Å². The molecule has 3 N–H and O–H groups in total. The van der Waals surface area contributed by atoms with Gasteiger partial charge in [-0.05, 0) is 5.41 Å². The first kappa shape index (κ1) is 13.1. The summed E-state index contributed by atoms with van der Waals surface area (Å²) in [6, 6.07) is 0. The van der Waals surface area contributed by atoms with E-state index in [1.165, 1.54) is 0 Å². The number of aromatic nitrogens is 2. The predicted octanol–water partition coefficient (Wildman–Crippen LogP) is 0.221. The predicted molar refractivity (Wildman–Crippen MR) is 58.7 cm³/mol. The van der Waals surface area contributed by atoms with Gasteiger partial charge in [-0.2, -0.15) is 0 Å². The second-order valence-corrected chi connectivity index (χ2v) is 4.88. The zero-order valence-electron chi connectivity index (χ0n) is 10.1. The zero-order valence-corrected chi connectivity index (χ0v) is 10.1. The van der Waals surface area contributed by atoms with Gasteiger partial charge < -0.3 is 15.5 Å². The third kappa shape index (κ3) is 4.62. The molecule has 0 spiro atoms. The van der Waals surface area contributed by atoms with Gasteiger partial charge in [-0.3, -0.25) is 9.59 Å². The van der Waals surface area contributed by atoms with Crippen LogP contribution in [0.3, 0.4) is 0 Å². The normalized spacial score (nSPS) is 11.2. The lowest BCUT2D eigenvalue weighted by molar-refractivity contribution is -0.123. The van der Waals surface area contributed by atoms with Crippen molar-refractivity contribution in [2.24, 2.45) is 11.1 Å². The molecule has 0 radical (unpaired) electrons. The Labute approximate surface area is 98.8 Å². The van der Waals surface area contributed by atoms with Crippen LogP contribution in [0.4, 0.5) is 0 Å². The molecule has 94 valence electrons. The Morgan fingerprint density at radius 1 is 1.35 bits per heavy atom. The maximum atomic E-state index is 11.5. The fourth-order valence-electron chi connectivity index (χ4n) is 1.14. The molecule has 1 heterocycles. The number of nitrogens with two attached hydrogens (primary N) is 1. The number of hydrogen-bond donors (Lipinski definition) is 2. The molecule has 0 aliphatic heterocycles. The van der Waals surface area contributed by atoms with Gasteiger partial charge in [-0.25, -0.2) is 0 Å². The Kier molecular flexibility index (Phi) is 3.82. The largest absolute Gasteiger partial charge is 0.415 e. The minimum atomic E-state index is -0.787. The molecule has 1 aromatic heterocycles. The van der Waals surface area contributed by atoms with Crippen LogP contribution in [-0.2, 0) is 11.3 Å². The number of nitrogens with zero attached hydrogens (tertiary/aromatic N) is 2. The van der Waals surface area contributed by atoms with Gasteiger partial charge in [0.2, 0.25) is 11.8 Å². The fraction of sp³-hybridized carbons (Fsp3) is 0.600. The van der Waals surface area contributed by atoms with Crippen LogP contribution in [0.1, 0.15) is 43.8 Å². The SMILES string of the molecule is CC(C)(C)CC(=O)NCc1nnc(C(N)=O)o1. The first-order valence-corrected chi connectivity index (χ1v) is 5.17. The van der Waals surface area contributed by atoms with Crippen LogP contribution >= 0.6 is 0 Å². The van der Waals surface area contributed by atoms with Crippen molar-refractivity contribution >= 4 is 11.8 Å². The van der Waals surface area contributed by atoms with Gasteiger partial charge in [-0.1, -0.05) is 20.8 Å². The van der Waals surface area contributed by atoms with Gasteiger partial charge in [0.05, 0.1) is 6.54 Å². The first-order chi connectivity index (χ1) is 7.78. The number of carbonyl (C=O) groups excluding carboxylic acids is 2. The molecule has 0 saturated heterocycles. The molecule has 7 heteroatoms. The smallest absolute Gasteiger partial charge is 0.306 e. The van der Waals surface area contributed by atoms with Gasteiger partial charge in [0.1, 0.15) is 0 Å². The van der Waals surface area contributed by atoms with E-state index in [1.54, 1.807) is 0 Å². The number of carbonyl (C=O) groups is 2. The molecule has 17 heavy (non-hydrogen) atoms. The summed E-state index contributed by atoms with van der Waals surface area (Å²) < 4.78 is 4.91. The van der Waals surface area contributed by atoms with E-state index in [0.717, 1.165) is 0 Å². The average Bonchev–Trinajstić information content (AvgIpc) is 2.60. The maximum Gasteiger partial charge on any atom is 0.306 e. The molecule has 1 rings (SSSR count). The second kappa shape index (κ2) is 4.94. The van der Waals surface area contributed by atoms with E-state index in [-0.39, 0.29) is 29.6 Å². The highest BCUT2D eigenvalue weighted by Gasteiger charge is 2.17. The Balaban J connectivity index is 2.45. The molecule has 0 aliphatic rings. The topological polar surface area (TPSA) is 111 Å². The van der Waals surface area contributed by atoms with Crippen LogP contribution in [0.5, 0.6) is 0 Å². The van der Waals surface area contributed by atoms with Gasteiger partial charge in [-0.15, -0.1) is 10.2 Å². The summed E-state index contributed by atoms with van der Waals surface area (Å²) in [7, 11) is 0. The van der Waals surface area contributed by atoms with Crippen molar-refractivity contribution < 1.29 is 14.0 Å². The van der Waals surface area contributed by atoms with Crippen LogP contribution < -0.4 is 11.1 Å². The molecule has 0 fully saturated rings. The van der Waals surface area contributed by atoms with Crippen molar-refractivity contribution in [3.05, 3.63) is 11.8 Å². The van der Waals surface area contributed by atoms with Crippen molar-refractivity contribution in [2.75, 3.05) is 0 Å². The first-order valence-electron chi connectivity index (χ1n) is 5.17.